The second-order valence-corrected chi connectivity index (χ2v) is 8.76. The molecule has 2 atom stereocenters. The number of nitrogens with zero attached hydrogens (tertiary/aromatic N) is 2. The average Bonchev–Trinajstić information content (AvgIpc) is 3.26. The molecule has 6 nitrogen and oxygen atoms in total. The lowest BCUT2D eigenvalue weighted by Crippen LogP contribution is -2.35. The summed E-state index contributed by atoms with van der Waals surface area (Å²) in [6.07, 6.45) is 8.09. The molecule has 0 bridgehead atoms. The van der Waals surface area contributed by atoms with Gasteiger partial charge in [0.05, 0.1) is 4.90 Å². The largest absolute Gasteiger partial charge is 0.271 e. The number of amides is 1. The zero-order valence-electron chi connectivity index (χ0n) is 13.9. The molecule has 2 aliphatic carbocycles. The molecule has 0 spiro atoms. The van der Waals surface area contributed by atoms with Crippen molar-refractivity contribution in [3.05, 3.63) is 42.0 Å². The first-order valence-corrected chi connectivity index (χ1v) is 10.1. The topological polar surface area (TPSA) is 78.8 Å². The number of benzene rings is 1. The van der Waals surface area contributed by atoms with Crippen molar-refractivity contribution in [2.75, 3.05) is 13.1 Å². The van der Waals surface area contributed by atoms with Crippen LogP contribution in [0.5, 0.6) is 0 Å². The Kier molecular flexibility index (Phi) is 4.21. The molecule has 0 aromatic heterocycles. The lowest BCUT2D eigenvalue weighted by atomic mass is 9.74. The van der Waals surface area contributed by atoms with Crippen LogP contribution in [0.25, 0.3) is 0 Å². The number of hydrazone groups is 1. The number of carbonyl (C=O) groups excluding carboxylic acids is 1. The number of nitrogens with one attached hydrogen (secondary N) is 1. The van der Waals surface area contributed by atoms with Gasteiger partial charge in [-0.25, -0.2) is 13.8 Å². The summed E-state index contributed by atoms with van der Waals surface area (Å²) in [5, 5.41) is 4.23. The summed E-state index contributed by atoms with van der Waals surface area (Å²) < 4.78 is 26.5. The van der Waals surface area contributed by atoms with Gasteiger partial charge in [0.1, 0.15) is 0 Å². The molecule has 0 radical (unpaired) electrons. The molecule has 1 N–H and O–H groups in total. The molecule has 0 unspecified atom stereocenters. The molecule has 132 valence electrons. The van der Waals surface area contributed by atoms with Crippen LogP contribution in [-0.4, -0.2) is 37.4 Å². The van der Waals surface area contributed by atoms with E-state index < -0.39 is 10.0 Å². The van der Waals surface area contributed by atoms with Crippen LogP contribution < -0.4 is 5.43 Å². The monoisotopic (exact) mass is 359 g/mol. The lowest BCUT2D eigenvalue weighted by molar-refractivity contribution is 0.0954. The van der Waals surface area contributed by atoms with Gasteiger partial charge < -0.3 is 0 Å². The van der Waals surface area contributed by atoms with Gasteiger partial charge in [-0.3, -0.25) is 4.79 Å². The third-order valence-electron chi connectivity index (χ3n) is 5.28. The van der Waals surface area contributed by atoms with Gasteiger partial charge in [0.25, 0.3) is 5.91 Å². The van der Waals surface area contributed by atoms with Crippen molar-refractivity contribution in [2.45, 2.75) is 30.6 Å². The maximum absolute atomic E-state index is 12.5. The van der Waals surface area contributed by atoms with E-state index in [1.165, 1.54) is 16.4 Å². The predicted molar refractivity (Wildman–Crippen MR) is 94.7 cm³/mol. The van der Waals surface area contributed by atoms with Crippen LogP contribution in [0.15, 0.2) is 46.4 Å². The Balaban J connectivity index is 1.41. The summed E-state index contributed by atoms with van der Waals surface area (Å²) in [4.78, 5) is 12.4. The minimum atomic E-state index is -3.44. The van der Waals surface area contributed by atoms with E-state index in [0.717, 1.165) is 31.4 Å². The van der Waals surface area contributed by atoms with Crippen LogP contribution in [0.2, 0.25) is 0 Å². The van der Waals surface area contributed by atoms with E-state index in [4.69, 9.17) is 0 Å². The van der Waals surface area contributed by atoms with Crippen LogP contribution in [0.3, 0.4) is 0 Å². The average molecular weight is 359 g/mol. The van der Waals surface area contributed by atoms with Gasteiger partial charge in [0, 0.05) is 30.3 Å². The lowest BCUT2D eigenvalue weighted by Gasteiger charge is -2.31. The first-order valence-electron chi connectivity index (χ1n) is 8.69. The zero-order chi connectivity index (χ0) is 17.4. The summed E-state index contributed by atoms with van der Waals surface area (Å²) >= 11 is 0. The number of rotatable bonds is 4. The fourth-order valence-corrected chi connectivity index (χ4v) is 5.22. The highest BCUT2D eigenvalue weighted by Gasteiger charge is 2.38. The quantitative estimate of drug-likeness (QED) is 0.661. The second kappa shape index (κ2) is 6.38. The highest BCUT2D eigenvalue weighted by molar-refractivity contribution is 7.89. The predicted octanol–water partition coefficient (Wildman–Crippen LogP) is 2.15. The van der Waals surface area contributed by atoms with Crippen LogP contribution in [0.1, 0.15) is 36.0 Å². The summed E-state index contributed by atoms with van der Waals surface area (Å²) in [7, 11) is -3.44. The number of hydrogen-bond donors (Lipinski definition) is 1. The highest BCUT2D eigenvalue weighted by Crippen LogP contribution is 2.40. The third kappa shape index (κ3) is 3.02. The molecular weight excluding hydrogens is 338 g/mol. The summed E-state index contributed by atoms with van der Waals surface area (Å²) in [6, 6.07) is 6.07. The third-order valence-corrected chi connectivity index (χ3v) is 7.20. The molecule has 1 heterocycles. The number of hydrogen-bond acceptors (Lipinski definition) is 4. The Morgan fingerprint density at radius 1 is 1.16 bits per heavy atom. The van der Waals surface area contributed by atoms with Gasteiger partial charge in [0.15, 0.2) is 0 Å². The van der Waals surface area contributed by atoms with Crippen LogP contribution in [-0.2, 0) is 10.0 Å². The van der Waals surface area contributed by atoms with Crippen molar-refractivity contribution >= 4 is 21.6 Å². The fourth-order valence-electron chi connectivity index (χ4n) is 3.71. The van der Waals surface area contributed by atoms with E-state index >= 15 is 0 Å². The van der Waals surface area contributed by atoms with E-state index in [-0.39, 0.29) is 10.8 Å². The normalized spacial score (nSPS) is 27.3. The summed E-state index contributed by atoms with van der Waals surface area (Å²) in [5.74, 6) is 0.728. The smallest absolute Gasteiger partial charge is 0.267 e. The number of carbonyl (C=O) groups is 1. The van der Waals surface area contributed by atoms with Gasteiger partial charge in [0.2, 0.25) is 10.0 Å². The molecule has 7 heteroatoms. The van der Waals surface area contributed by atoms with Crippen molar-refractivity contribution < 1.29 is 13.2 Å². The Morgan fingerprint density at radius 2 is 1.88 bits per heavy atom. The summed E-state index contributed by atoms with van der Waals surface area (Å²) in [6.45, 7) is 1.14. The first-order chi connectivity index (χ1) is 12.1. The highest BCUT2D eigenvalue weighted by atomic mass is 32.2. The van der Waals surface area contributed by atoms with Crippen LogP contribution in [0, 0.1) is 11.8 Å². The SMILES string of the molecule is O=C(N/N=C1/C[C@@H]2C=CC[C@@H]12)c1ccc(S(=O)(=O)N2CCCC2)cc1. The Morgan fingerprint density at radius 3 is 2.56 bits per heavy atom. The number of allylic oxidation sites excluding steroid dienone is 2. The van der Waals surface area contributed by atoms with Gasteiger partial charge in [-0.15, -0.1) is 0 Å². The van der Waals surface area contributed by atoms with Crippen molar-refractivity contribution in [3.8, 4) is 0 Å². The first kappa shape index (κ1) is 16.5. The van der Waals surface area contributed by atoms with E-state index in [1.54, 1.807) is 12.1 Å². The zero-order valence-corrected chi connectivity index (χ0v) is 14.7. The molecule has 1 saturated heterocycles. The van der Waals surface area contributed by atoms with Gasteiger partial charge in [-0.1, -0.05) is 12.2 Å². The van der Waals surface area contributed by atoms with Gasteiger partial charge in [-0.2, -0.15) is 9.41 Å². The molecule has 2 fully saturated rings. The van der Waals surface area contributed by atoms with Gasteiger partial charge >= 0.3 is 0 Å². The Labute approximate surface area is 147 Å². The van der Waals surface area contributed by atoms with Crippen molar-refractivity contribution in [3.63, 3.8) is 0 Å². The van der Waals surface area contributed by atoms with Crippen molar-refractivity contribution in [1.82, 2.24) is 9.73 Å². The maximum Gasteiger partial charge on any atom is 0.271 e. The van der Waals surface area contributed by atoms with E-state index in [9.17, 15) is 13.2 Å². The van der Waals surface area contributed by atoms with E-state index in [2.05, 4.69) is 22.7 Å². The number of sulfonamides is 1. The molecular formula is C18H21N3O3S. The molecule has 1 aliphatic heterocycles. The molecule has 1 aromatic rings. The maximum atomic E-state index is 12.5. The Hall–Kier alpha value is -1.99. The van der Waals surface area contributed by atoms with E-state index in [1.807, 2.05) is 0 Å². The minimum Gasteiger partial charge on any atom is -0.267 e. The van der Waals surface area contributed by atoms with Crippen molar-refractivity contribution in [1.29, 1.82) is 0 Å². The molecule has 1 saturated carbocycles. The molecule has 4 rings (SSSR count). The molecule has 1 aromatic carbocycles. The molecule has 25 heavy (non-hydrogen) atoms. The molecule has 3 aliphatic rings. The molecule has 1 amide bonds. The van der Waals surface area contributed by atoms with Gasteiger partial charge in [-0.05, 0) is 55.9 Å². The standard InChI is InChI=1S/C18H21N3O3S/c22-18(20-19-17-12-14-4-3-5-16(14)17)13-6-8-15(9-7-13)25(23,24)21-10-1-2-11-21/h3-4,6-9,14,16H,1-2,5,10-12H2,(H,20,22)/b19-17-/t14-,16+/m0/s1. The fraction of sp³-hybridized carbons (Fsp3) is 0.444. The number of fused-ring (bicyclic) bond motifs is 1. The minimum absolute atomic E-state index is 0.233. The van der Waals surface area contributed by atoms with Crippen molar-refractivity contribution in [2.24, 2.45) is 16.9 Å². The summed E-state index contributed by atoms with van der Waals surface area (Å²) in [5.41, 5.74) is 4.03. The van der Waals surface area contributed by atoms with E-state index in [0.29, 0.717) is 30.5 Å². The van der Waals surface area contributed by atoms with Crippen LogP contribution in [0.4, 0.5) is 0 Å². The Bertz CT molecular complexity index is 837. The van der Waals surface area contributed by atoms with Crippen LogP contribution >= 0.6 is 0 Å². The second-order valence-electron chi connectivity index (χ2n) is 6.82.